The minimum Gasteiger partial charge on any atom is -0.497 e. The summed E-state index contributed by atoms with van der Waals surface area (Å²) >= 11 is 0. The van der Waals surface area contributed by atoms with Crippen molar-refractivity contribution < 1.29 is 42.7 Å². The van der Waals surface area contributed by atoms with Gasteiger partial charge in [0, 0.05) is 12.8 Å². The first-order chi connectivity index (χ1) is 23.8. The highest BCUT2D eigenvalue weighted by molar-refractivity contribution is 6.99. The number of carbonyl (C=O) groups is 1. The Labute approximate surface area is 297 Å². The molecule has 0 amide bonds. The Hall–Kier alpha value is -3.85. The summed E-state index contributed by atoms with van der Waals surface area (Å²) in [5.74, 6) is 6.60. The number of benzene rings is 3. The van der Waals surface area contributed by atoms with Gasteiger partial charge in [0.2, 0.25) is 6.10 Å². The third-order valence-corrected chi connectivity index (χ3v) is 14.2. The van der Waals surface area contributed by atoms with Crippen LogP contribution in [0, 0.1) is 11.8 Å². The minimum absolute atomic E-state index is 0.0754. The van der Waals surface area contributed by atoms with Gasteiger partial charge in [-0.3, -0.25) is 0 Å². The molecule has 0 bridgehead atoms. The van der Waals surface area contributed by atoms with Crippen LogP contribution in [0.1, 0.15) is 60.8 Å². The van der Waals surface area contributed by atoms with Crippen LogP contribution in [0.3, 0.4) is 0 Å². The SMILES string of the molecule is CC[C@H](O[Si](c1ccccc1)(c1ccccc1)C(C)(C)C)[C@@H](O)C[C@H]1OC(C)(C)O[C@H]1CC#C[C@H]1OC(=O)O[C@H]1COc1ccc(OC)cc1. The van der Waals surface area contributed by atoms with Crippen LogP contribution in [0.2, 0.25) is 5.04 Å². The van der Waals surface area contributed by atoms with E-state index in [1.165, 1.54) is 0 Å². The van der Waals surface area contributed by atoms with Gasteiger partial charge in [-0.1, -0.05) is 100 Å². The summed E-state index contributed by atoms with van der Waals surface area (Å²) in [7, 11) is -1.31. The van der Waals surface area contributed by atoms with E-state index in [1.807, 2.05) is 32.9 Å². The molecule has 3 aromatic carbocycles. The molecule has 3 aromatic rings. The van der Waals surface area contributed by atoms with E-state index in [1.54, 1.807) is 31.4 Å². The summed E-state index contributed by atoms with van der Waals surface area (Å²) in [6.07, 6.45) is -3.24. The summed E-state index contributed by atoms with van der Waals surface area (Å²) < 4.78 is 41.6. The molecule has 0 radical (unpaired) electrons. The molecular formula is C40H50O9Si. The Morgan fingerprint density at radius 3 is 2.00 bits per heavy atom. The minimum atomic E-state index is -2.90. The lowest BCUT2D eigenvalue weighted by Gasteiger charge is -2.46. The Kier molecular flexibility index (Phi) is 12.0. The molecule has 0 spiro atoms. The largest absolute Gasteiger partial charge is 0.510 e. The molecule has 268 valence electrons. The first kappa shape index (κ1) is 37.4. The molecule has 50 heavy (non-hydrogen) atoms. The van der Waals surface area contributed by atoms with Crippen LogP contribution >= 0.6 is 0 Å². The molecule has 1 N–H and O–H groups in total. The predicted molar refractivity (Wildman–Crippen MR) is 193 cm³/mol. The Morgan fingerprint density at radius 1 is 0.860 bits per heavy atom. The maximum Gasteiger partial charge on any atom is 0.510 e. The number of aliphatic hydroxyl groups excluding tert-OH is 1. The monoisotopic (exact) mass is 702 g/mol. The van der Waals surface area contributed by atoms with Crippen LogP contribution in [-0.2, 0) is 23.4 Å². The third-order valence-electron chi connectivity index (χ3n) is 9.17. The molecule has 10 heteroatoms. The van der Waals surface area contributed by atoms with E-state index < -0.39 is 56.9 Å². The molecule has 0 saturated carbocycles. The number of cyclic esters (lactones) is 2. The summed E-state index contributed by atoms with van der Waals surface area (Å²) in [4.78, 5) is 12.0. The Balaban J connectivity index is 1.29. The van der Waals surface area contributed by atoms with Gasteiger partial charge in [0.05, 0.1) is 31.5 Å². The average molecular weight is 703 g/mol. The molecule has 2 aliphatic heterocycles. The molecule has 2 heterocycles. The van der Waals surface area contributed by atoms with Crippen molar-refractivity contribution in [3.63, 3.8) is 0 Å². The normalized spacial score (nSPS) is 22.8. The van der Waals surface area contributed by atoms with E-state index in [-0.39, 0.29) is 11.6 Å². The van der Waals surface area contributed by atoms with Gasteiger partial charge in [0.25, 0.3) is 8.32 Å². The molecule has 2 fully saturated rings. The van der Waals surface area contributed by atoms with Crippen LogP contribution in [0.15, 0.2) is 84.9 Å². The molecule has 2 saturated heterocycles. The van der Waals surface area contributed by atoms with E-state index >= 15 is 0 Å². The van der Waals surface area contributed by atoms with E-state index in [4.69, 9.17) is 32.8 Å². The van der Waals surface area contributed by atoms with Crippen LogP contribution < -0.4 is 19.8 Å². The van der Waals surface area contributed by atoms with E-state index in [2.05, 4.69) is 81.1 Å². The smallest absolute Gasteiger partial charge is 0.497 e. The van der Waals surface area contributed by atoms with Crippen molar-refractivity contribution in [3.8, 4) is 23.3 Å². The highest BCUT2D eigenvalue weighted by Crippen LogP contribution is 2.39. The van der Waals surface area contributed by atoms with Gasteiger partial charge < -0.3 is 38.0 Å². The van der Waals surface area contributed by atoms with Crippen molar-refractivity contribution in [2.45, 2.75) is 108 Å². The second kappa shape index (κ2) is 16.0. The zero-order chi connectivity index (χ0) is 35.9. The van der Waals surface area contributed by atoms with Gasteiger partial charge in [-0.15, -0.1) is 0 Å². The fraction of sp³-hybridized carbons (Fsp3) is 0.475. The molecule has 5 rings (SSSR count). The second-order valence-corrected chi connectivity index (χ2v) is 18.5. The van der Waals surface area contributed by atoms with Crippen molar-refractivity contribution in [1.29, 1.82) is 0 Å². The van der Waals surface area contributed by atoms with Gasteiger partial charge >= 0.3 is 6.16 Å². The van der Waals surface area contributed by atoms with Crippen molar-refractivity contribution in [2.75, 3.05) is 13.7 Å². The van der Waals surface area contributed by atoms with E-state index in [0.29, 0.717) is 30.8 Å². The van der Waals surface area contributed by atoms with E-state index in [0.717, 1.165) is 10.4 Å². The molecule has 0 aromatic heterocycles. The first-order valence-corrected chi connectivity index (χ1v) is 19.2. The quantitative estimate of drug-likeness (QED) is 0.131. The molecular weight excluding hydrogens is 653 g/mol. The predicted octanol–water partition coefficient (Wildman–Crippen LogP) is 6.00. The fourth-order valence-electron chi connectivity index (χ4n) is 6.77. The number of hydrogen-bond acceptors (Lipinski definition) is 9. The number of methoxy groups -OCH3 is 1. The van der Waals surface area contributed by atoms with Crippen molar-refractivity contribution in [1.82, 2.24) is 0 Å². The topological polar surface area (TPSA) is 102 Å². The number of aliphatic hydroxyl groups is 1. The van der Waals surface area contributed by atoms with Gasteiger partial charge in [0.1, 0.15) is 18.1 Å². The lowest BCUT2D eigenvalue weighted by Crippen LogP contribution is -2.68. The Morgan fingerprint density at radius 2 is 1.44 bits per heavy atom. The summed E-state index contributed by atoms with van der Waals surface area (Å²) in [6, 6.07) is 28.0. The zero-order valence-corrected chi connectivity index (χ0v) is 31.1. The Bertz CT molecular complexity index is 1560. The van der Waals surface area contributed by atoms with Gasteiger partial charge in [-0.2, -0.15) is 0 Å². The number of hydrogen-bond donors (Lipinski definition) is 1. The van der Waals surface area contributed by atoms with Crippen LogP contribution in [-0.4, -0.2) is 75.7 Å². The maximum atomic E-state index is 12.0. The van der Waals surface area contributed by atoms with Crippen LogP contribution in [0.4, 0.5) is 4.79 Å². The zero-order valence-electron chi connectivity index (χ0n) is 30.1. The highest BCUT2D eigenvalue weighted by Gasteiger charge is 2.52. The van der Waals surface area contributed by atoms with Gasteiger partial charge in [-0.05, 0) is 59.9 Å². The number of carbonyl (C=O) groups excluding carboxylic acids is 1. The third kappa shape index (κ3) is 8.71. The first-order valence-electron chi connectivity index (χ1n) is 17.3. The van der Waals surface area contributed by atoms with Crippen molar-refractivity contribution in [2.24, 2.45) is 0 Å². The standard InChI is InChI=1S/C40H50O9Si/c1-8-33(49-50(39(2,3)4,30-16-11-9-12-17-30)31-18-13-10-14-19-31)32(41)26-36-35(47-40(5,6)48-36)21-15-20-34-37(46-38(42)45-34)27-44-29-24-22-28(43-7)23-25-29/h9-14,16-19,22-25,32-37,41H,8,21,26-27H2,1-7H3/t32-,33-,34+,35-,36+,37-/m0/s1. The molecule has 9 nitrogen and oxygen atoms in total. The number of ether oxygens (including phenoxy) is 6. The molecule has 0 aliphatic carbocycles. The van der Waals surface area contributed by atoms with Crippen LogP contribution in [0.25, 0.3) is 0 Å². The van der Waals surface area contributed by atoms with E-state index in [9.17, 15) is 9.90 Å². The maximum absolute atomic E-state index is 12.0. The summed E-state index contributed by atoms with van der Waals surface area (Å²) in [5, 5.41) is 13.9. The summed E-state index contributed by atoms with van der Waals surface area (Å²) in [5.41, 5.74) is 0. The van der Waals surface area contributed by atoms with Gasteiger partial charge in [0.15, 0.2) is 11.9 Å². The van der Waals surface area contributed by atoms with Crippen molar-refractivity contribution in [3.05, 3.63) is 84.9 Å². The lowest BCUT2D eigenvalue weighted by atomic mass is 10.00. The molecule has 0 unspecified atom stereocenters. The summed E-state index contributed by atoms with van der Waals surface area (Å²) in [6.45, 7) is 12.5. The second-order valence-electron chi connectivity index (χ2n) is 14.2. The fourth-order valence-corrected chi connectivity index (χ4v) is 11.6. The van der Waals surface area contributed by atoms with Crippen LogP contribution in [0.5, 0.6) is 11.5 Å². The van der Waals surface area contributed by atoms with Gasteiger partial charge in [-0.25, -0.2) is 4.79 Å². The molecule has 6 atom stereocenters. The molecule has 2 aliphatic rings. The average Bonchev–Trinajstić information content (AvgIpc) is 3.60. The number of rotatable bonds is 13. The lowest BCUT2D eigenvalue weighted by molar-refractivity contribution is -0.149. The van der Waals surface area contributed by atoms with Crippen molar-refractivity contribution >= 4 is 24.8 Å². The highest BCUT2D eigenvalue weighted by atomic mass is 28.4.